The second-order valence-corrected chi connectivity index (χ2v) is 2.22. The van der Waals surface area contributed by atoms with E-state index in [0.29, 0.717) is 0 Å². The van der Waals surface area contributed by atoms with Gasteiger partial charge in [-0.1, -0.05) is 6.92 Å². The van der Waals surface area contributed by atoms with Gasteiger partial charge in [-0.05, 0) is 25.0 Å². The molecule has 0 saturated carbocycles. The van der Waals surface area contributed by atoms with E-state index in [1.165, 1.54) is 12.8 Å². The van der Waals surface area contributed by atoms with E-state index in [1.54, 1.807) is 0 Å². The highest BCUT2D eigenvalue weighted by Crippen LogP contribution is 2.08. The minimum absolute atomic E-state index is 0.887. The van der Waals surface area contributed by atoms with Gasteiger partial charge in [0.15, 0.2) is 0 Å². The van der Waals surface area contributed by atoms with Gasteiger partial charge in [-0.25, -0.2) is 0 Å². The van der Waals surface area contributed by atoms with Crippen LogP contribution < -0.4 is 0 Å². The average molecular weight is 97.2 g/mol. The summed E-state index contributed by atoms with van der Waals surface area (Å²) in [7, 11) is 0. The number of rotatable bonds is 0. The smallest absolute Gasteiger partial charge is 0.0388 e. The van der Waals surface area contributed by atoms with Crippen LogP contribution in [-0.2, 0) is 0 Å². The summed E-state index contributed by atoms with van der Waals surface area (Å²) in [5.41, 5.74) is 0. The van der Waals surface area contributed by atoms with Crippen molar-refractivity contribution < 1.29 is 0 Å². The fourth-order valence-electron chi connectivity index (χ4n) is 0.759. The molecule has 0 bridgehead atoms. The number of hydrogen-bond donors (Lipinski definition) is 0. The first-order valence-electron chi connectivity index (χ1n) is 2.88. The van der Waals surface area contributed by atoms with Gasteiger partial charge in [0, 0.05) is 6.54 Å². The zero-order valence-corrected chi connectivity index (χ0v) is 4.72. The number of nitrogens with zero attached hydrogens (tertiary/aromatic N) is 1. The molecule has 0 aromatic carbocycles. The molecular weight excluding hydrogens is 86.1 g/mol. The lowest BCUT2D eigenvalue weighted by molar-refractivity contribution is 0.548. The molecule has 1 aliphatic rings. The molecule has 1 aliphatic heterocycles. The van der Waals surface area contributed by atoms with Crippen molar-refractivity contribution in [3.05, 3.63) is 0 Å². The molecule has 0 aromatic heterocycles. The summed E-state index contributed by atoms with van der Waals surface area (Å²) in [6.07, 6.45) is 4.52. The molecule has 1 heteroatoms. The van der Waals surface area contributed by atoms with E-state index in [4.69, 9.17) is 0 Å². The third kappa shape index (κ3) is 1.30. The van der Waals surface area contributed by atoms with Gasteiger partial charge < -0.3 is 0 Å². The second-order valence-electron chi connectivity index (χ2n) is 2.22. The SMILES string of the molecule is CC1CC=NCC1. The van der Waals surface area contributed by atoms with Crippen LogP contribution in [0.25, 0.3) is 0 Å². The zero-order valence-electron chi connectivity index (χ0n) is 4.72. The van der Waals surface area contributed by atoms with Gasteiger partial charge in [0.05, 0.1) is 0 Å². The predicted octanol–water partition coefficient (Wildman–Crippen LogP) is 1.49. The van der Waals surface area contributed by atoms with E-state index < -0.39 is 0 Å². The topological polar surface area (TPSA) is 12.4 Å². The molecule has 7 heavy (non-hydrogen) atoms. The highest BCUT2D eigenvalue weighted by Gasteiger charge is 2.01. The fraction of sp³-hybridized carbons (Fsp3) is 0.833. The van der Waals surface area contributed by atoms with Gasteiger partial charge in [0.2, 0.25) is 0 Å². The minimum Gasteiger partial charge on any atom is -0.298 e. The van der Waals surface area contributed by atoms with E-state index in [2.05, 4.69) is 11.9 Å². The molecule has 0 radical (unpaired) electrons. The summed E-state index contributed by atoms with van der Waals surface area (Å²) >= 11 is 0. The molecular formula is C6H11N. The van der Waals surface area contributed by atoms with Crippen molar-refractivity contribution in [2.24, 2.45) is 10.9 Å². The Morgan fingerprint density at radius 1 is 1.71 bits per heavy atom. The third-order valence-corrected chi connectivity index (χ3v) is 1.39. The summed E-state index contributed by atoms with van der Waals surface area (Å²) in [6, 6.07) is 0. The monoisotopic (exact) mass is 97.1 g/mol. The lowest BCUT2D eigenvalue weighted by Crippen LogP contribution is -2.02. The van der Waals surface area contributed by atoms with Gasteiger partial charge in [-0.3, -0.25) is 4.99 Å². The normalized spacial score (nSPS) is 30.7. The lowest BCUT2D eigenvalue weighted by atomic mass is 10.0. The maximum atomic E-state index is 4.10. The molecule has 1 rings (SSSR count). The van der Waals surface area contributed by atoms with E-state index in [-0.39, 0.29) is 0 Å². The molecule has 0 saturated heterocycles. The second kappa shape index (κ2) is 2.10. The molecule has 40 valence electrons. The standard InChI is InChI=1S/C6H11N/c1-6-2-4-7-5-3-6/h4,6H,2-3,5H2,1H3. The van der Waals surface area contributed by atoms with Crippen molar-refractivity contribution >= 4 is 6.21 Å². The van der Waals surface area contributed by atoms with Crippen LogP contribution in [0.1, 0.15) is 19.8 Å². The molecule has 0 aliphatic carbocycles. The maximum Gasteiger partial charge on any atom is 0.0388 e. The molecule has 0 aromatic rings. The Labute approximate surface area is 44.5 Å². The summed E-state index contributed by atoms with van der Waals surface area (Å²) in [6.45, 7) is 3.33. The molecule has 1 atom stereocenters. The third-order valence-electron chi connectivity index (χ3n) is 1.39. The molecule has 0 fully saturated rings. The van der Waals surface area contributed by atoms with E-state index >= 15 is 0 Å². The van der Waals surface area contributed by atoms with Crippen molar-refractivity contribution in [1.82, 2.24) is 0 Å². The van der Waals surface area contributed by atoms with Crippen LogP contribution in [0.4, 0.5) is 0 Å². The average Bonchev–Trinajstić information content (AvgIpc) is 1.69. The Bertz CT molecular complexity index is 76.2. The van der Waals surface area contributed by atoms with Crippen molar-refractivity contribution in [1.29, 1.82) is 0 Å². The summed E-state index contributed by atoms with van der Waals surface area (Å²) in [4.78, 5) is 4.10. The Hall–Kier alpha value is -0.330. The van der Waals surface area contributed by atoms with Crippen molar-refractivity contribution in [2.45, 2.75) is 19.8 Å². The number of hydrogen-bond acceptors (Lipinski definition) is 1. The zero-order chi connectivity index (χ0) is 5.11. The van der Waals surface area contributed by atoms with Gasteiger partial charge in [-0.15, -0.1) is 0 Å². The van der Waals surface area contributed by atoms with Crippen molar-refractivity contribution in [3.63, 3.8) is 0 Å². The van der Waals surface area contributed by atoms with Crippen molar-refractivity contribution in [3.8, 4) is 0 Å². The molecule has 1 heterocycles. The van der Waals surface area contributed by atoms with Crippen LogP contribution in [-0.4, -0.2) is 12.8 Å². The van der Waals surface area contributed by atoms with Gasteiger partial charge in [0.25, 0.3) is 0 Å². The van der Waals surface area contributed by atoms with Crippen LogP contribution in [0.5, 0.6) is 0 Å². The first kappa shape index (κ1) is 4.82. The van der Waals surface area contributed by atoms with Gasteiger partial charge in [-0.2, -0.15) is 0 Å². The molecule has 0 spiro atoms. The quantitative estimate of drug-likeness (QED) is 0.434. The van der Waals surface area contributed by atoms with Crippen LogP contribution in [0, 0.1) is 5.92 Å². The summed E-state index contributed by atoms with van der Waals surface area (Å²) < 4.78 is 0. The summed E-state index contributed by atoms with van der Waals surface area (Å²) in [5.74, 6) is 0.887. The highest BCUT2D eigenvalue weighted by molar-refractivity contribution is 5.58. The predicted molar refractivity (Wildman–Crippen MR) is 31.8 cm³/mol. The van der Waals surface area contributed by atoms with Crippen LogP contribution in [0.2, 0.25) is 0 Å². The Morgan fingerprint density at radius 3 is 2.86 bits per heavy atom. The maximum absolute atomic E-state index is 4.10. The van der Waals surface area contributed by atoms with Crippen LogP contribution in [0.3, 0.4) is 0 Å². The Morgan fingerprint density at radius 2 is 2.57 bits per heavy atom. The summed E-state index contributed by atoms with van der Waals surface area (Å²) in [5, 5.41) is 0. The van der Waals surface area contributed by atoms with Crippen LogP contribution in [0.15, 0.2) is 4.99 Å². The fourth-order valence-corrected chi connectivity index (χ4v) is 0.759. The van der Waals surface area contributed by atoms with Gasteiger partial charge >= 0.3 is 0 Å². The molecule has 1 nitrogen and oxygen atoms in total. The highest BCUT2D eigenvalue weighted by atomic mass is 14.7. The molecule has 1 unspecified atom stereocenters. The molecule has 0 amide bonds. The first-order valence-corrected chi connectivity index (χ1v) is 2.88. The van der Waals surface area contributed by atoms with E-state index in [0.717, 1.165) is 12.5 Å². The van der Waals surface area contributed by atoms with Crippen LogP contribution >= 0.6 is 0 Å². The first-order chi connectivity index (χ1) is 3.39. The van der Waals surface area contributed by atoms with Crippen molar-refractivity contribution in [2.75, 3.05) is 6.54 Å². The molecule has 0 N–H and O–H groups in total. The van der Waals surface area contributed by atoms with E-state index in [9.17, 15) is 0 Å². The lowest BCUT2D eigenvalue weighted by Gasteiger charge is -2.09. The Balaban J connectivity index is 2.32. The Kier molecular flexibility index (Phi) is 1.45. The number of aliphatic imine (C=N–C) groups is 1. The van der Waals surface area contributed by atoms with E-state index in [1.807, 2.05) is 6.21 Å². The van der Waals surface area contributed by atoms with Gasteiger partial charge in [0.1, 0.15) is 0 Å². The minimum atomic E-state index is 0.887. The largest absolute Gasteiger partial charge is 0.298 e.